The molecule has 2 aromatic rings. The van der Waals surface area contributed by atoms with Gasteiger partial charge in [-0.05, 0) is 35.4 Å². The molecule has 0 saturated carbocycles. The highest BCUT2D eigenvalue weighted by molar-refractivity contribution is 5.94. The Hall–Kier alpha value is -2.74. The zero-order valence-corrected chi connectivity index (χ0v) is 11.6. The van der Waals surface area contributed by atoms with Crippen LogP contribution in [0.5, 0.6) is 0 Å². The number of nitrogens with one attached hydrogen (secondary N) is 2. The molecule has 0 bridgehead atoms. The number of aliphatic hydroxyl groups is 1. The lowest BCUT2D eigenvalue weighted by atomic mass is 9.99. The number of rotatable bonds is 4. The lowest BCUT2D eigenvalue weighted by Gasteiger charge is -2.12. The molecule has 0 heterocycles. The minimum absolute atomic E-state index is 0.397. The van der Waals surface area contributed by atoms with E-state index in [0.717, 1.165) is 0 Å². The molecule has 0 unspecified atom stereocenters. The fourth-order valence-electron chi connectivity index (χ4n) is 1.99. The molecular formula is C15H16N4O3. The molecule has 7 N–H and O–H groups in total. The topological polar surface area (TPSA) is 130 Å². The first-order chi connectivity index (χ1) is 10.6. The Kier molecular flexibility index (Phi) is 4.84. The summed E-state index contributed by atoms with van der Waals surface area (Å²) < 4.78 is 0. The standard InChI is InChI=1S/C15H16N4O3/c16-18-14(21)11-5-1-9(2-6-11)13(20)10-3-7-12(8-4-10)15(22)19-17/h1-8,13,20H,16-17H2,(H,18,21)(H,19,22). The maximum Gasteiger partial charge on any atom is 0.265 e. The highest BCUT2D eigenvalue weighted by atomic mass is 16.3. The van der Waals surface area contributed by atoms with E-state index in [4.69, 9.17) is 11.7 Å². The van der Waals surface area contributed by atoms with Gasteiger partial charge in [0, 0.05) is 11.1 Å². The summed E-state index contributed by atoms with van der Waals surface area (Å²) in [5.74, 6) is 9.30. The summed E-state index contributed by atoms with van der Waals surface area (Å²) in [6.07, 6.45) is -0.870. The van der Waals surface area contributed by atoms with Gasteiger partial charge in [-0.2, -0.15) is 0 Å². The molecule has 0 aliphatic carbocycles. The number of hydrogen-bond donors (Lipinski definition) is 5. The van der Waals surface area contributed by atoms with Crippen LogP contribution >= 0.6 is 0 Å². The number of amides is 2. The molecule has 7 nitrogen and oxygen atoms in total. The molecule has 0 aliphatic heterocycles. The van der Waals surface area contributed by atoms with Crippen LogP contribution in [0.4, 0.5) is 0 Å². The van der Waals surface area contributed by atoms with Crippen LogP contribution in [0.25, 0.3) is 0 Å². The van der Waals surface area contributed by atoms with Gasteiger partial charge in [0.2, 0.25) is 0 Å². The van der Waals surface area contributed by atoms with E-state index in [1.165, 1.54) is 0 Å². The van der Waals surface area contributed by atoms with Gasteiger partial charge in [-0.3, -0.25) is 20.4 Å². The second-order valence-corrected chi connectivity index (χ2v) is 4.59. The molecule has 0 aromatic heterocycles. The number of hydrogen-bond acceptors (Lipinski definition) is 5. The third kappa shape index (κ3) is 3.29. The summed E-state index contributed by atoms with van der Waals surface area (Å²) in [7, 11) is 0. The Morgan fingerprint density at radius 2 is 1.09 bits per heavy atom. The van der Waals surface area contributed by atoms with Crippen molar-refractivity contribution in [2.75, 3.05) is 0 Å². The van der Waals surface area contributed by atoms with E-state index < -0.39 is 17.9 Å². The highest BCUT2D eigenvalue weighted by Crippen LogP contribution is 2.22. The van der Waals surface area contributed by atoms with Crippen molar-refractivity contribution >= 4 is 11.8 Å². The Morgan fingerprint density at radius 1 is 0.773 bits per heavy atom. The molecule has 2 rings (SSSR count). The first-order valence-electron chi connectivity index (χ1n) is 6.46. The zero-order chi connectivity index (χ0) is 16.1. The van der Waals surface area contributed by atoms with Gasteiger partial charge in [-0.25, -0.2) is 11.7 Å². The van der Waals surface area contributed by atoms with Crippen LogP contribution < -0.4 is 22.5 Å². The van der Waals surface area contributed by atoms with Crippen molar-refractivity contribution in [2.45, 2.75) is 6.10 Å². The van der Waals surface area contributed by atoms with Crippen molar-refractivity contribution in [1.29, 1.82) is 0 Å². The van der Waals surface area contributed by atoms with Crippen LogP contribution in [0.2, 0.25) is 0 Å². The minimum Gasteiger partial charge on any atom is -0.384 e. The molecule has 2 amide bonds. The van der Waals surface area contributed by atoms with E-state index >= 15 is 0 Å². The Morgan fingerprint density at radius 3 is 1.36 bits per heavy atom. The maximum atomic E-state index is 11.3. The molecule has 2 aromatic carbocycles. The number of aliphatic hydroxyl groups excluding tert-OH is 1. The van der Waals surface area contributed by atoms with E-state index in [9.17, 15) is 14.7 Å². The van der Waals surface area contributed by atoms with Gasteiger partial charge in [0.15, 0.2) is 0 Å². The Balaban J connectivity index is 2.18. The molecule has 22 heavy (non-hydrogen) atoms. The van der Waals surface area contributed by atoms with Gasteiger partial charge in [0.1, 0.15) is 6.10 Å². The van der Waals surface area contributed by atoms with E-state index in [1.54, 1.807) is 48.5 Å². The maximum absolute atomic E-state index is 11.3. The third-order valence-corrected chi connectivity index (χ3v) is 3.24. The Labute approximate surface area is 126 Å². The molecule has 114 valence electrons. The predicted molar refractivity (Wildman–Crippen MR) is 80.3 cm³/mol. The average molecular weight is 300 g/mol. The van der Waals surface area contributed by atoms with Crippen LogP contribution in [0.3, 0.4) is 0 Å². The van der Waals surface area contributed by atoms with Crippen LogP contribution in [-0.4, -0.2) is 16.9 Å². The fraction of sp³-hybridized carbons (Fsp3) is 0.0667. The number of carbonyl (C=O) groups excluding carboxylic acids is 2. The lowest BCUT2D eigenvalue weighted by Crippen LogP contribution is -2.30. The first-order valence-corrected chi connectivity index (χ1v) is 6.46. The van der Waals surface area contributed by atoms with Crippen LogP contribution in [-0.2, 0) is 0 Å². The van der Waals surface area contributed by atoms with E-state index in [-0.39, 0.29) is 0 Å². The number of benzene rings is 2. The smallest absolute Gasteiger partial charge is 0.265 e. The number of nitrogens with two attached hydrogens (primary N) is 2. The van der Waals surface area contributed by atoms with Crippen molar-refractivity contribution in [2.24, 2.45) is 11.7 Å². The second kappa shape index (κ2) is 6.81. The number of nitrogen functional groups attached to an aromatic ring is 2. The minimum atomic E-state index is -0.870. The summed E-state index contributed by atoms with van der Waals surface area (Å²) in [4.78, 5) is 22.7. The molecule has 0 radical (unpaired) electrons. The third-order valence-electron chi connectivity index (χ3n) is 3.24. The number of carbonyl (C=O) groups is 2. The lowest BCUT2D eigenvalue weighted by molar-refractivity contribution is 0.0945. The highest BCUT2D eigenvalue weighted by Gasteiger charge is 2.12. The molecule has 0 saturated heterocycles. The first kappa shape index (κ1) is 15.6. The zero-order valence-electron chi connectivity index (χ0n) is 11.6. The van der Waals surface area contributed by atoms with Gasteiger partial charge in [-0.1, -0.05) is 24.3 Å². The van der Waals surface area contributed by atoms with Crippen molar-refractivity contribution < 1.29 is 14.7 Å². The van der Waals surface area contributed by atoms with Gasteiger partial charge in [-0.15, -0.1) is 0 Å². The normalized spacial score (nSPS) is 10.4. The van der Waals surface area contributed by atoms with Gasteiger partial charge < -0.3 is 5.11 Å². The van der Waals surface area contributed by atoms with Crippen molar-refractivity contribution in [3.63, 3.8) is 0 Å². The molecule has 0 aliphatic rings. The quantitative estimate of drug-likeness (QED) is 0.307. The van der Waals surface area contributed by atoms with E-state index in [0.29, 0.717) is 22.3 Å². The summed E-state index contributed by atoms with van der Waals surface area (Å²) in [6.45, 7) is 0. The van der Waals surface area contributed by atoms with E-state index in [1.807, 2.05) is 10.9 Å². The summed E-state index contributed by atoms with van der Waals surface area (Å²) in [5, 5.41) is 10.3. The predicted octanol–water partition coefficient (Wildman–Crippen LogP) is -0.0247. The van der Waals surface area contributed by atoms with Crippen molar-refractivity contribution in [3.8, 4) is 0 Å². The summed E-state index contributed by atoms with van der Waals surface area (Å²) >= 11 is 0. The van der Waals surface area contributed by atoms with Gasteiger partial charge in [0.25, 0.3) is 11.8 Å². The number of hydrazine groups is 2. The molecular weight excluding hydrogens is 284 g/mol. The van der Waals surface area contributed by atoms with Gasteiger partial charge in [0.05, 0.1) is 0 Å². The van der Waals surface area contributed by atoms with E-state index in [2.05, 4.69) is 0 Å². The van der Waals surface area contributed by atoms with Crippen LogP contribution in [0, 0.1) is 0 Å². The molecule has 0 atom stereocenters. The fourth-order valence-corrected chi connectivity index (χ4v) is 1.99. The van der Waals surface area contributed by atoms with Crippen LogP contribution in [0.1, 0.15) is 37.9 Å². The van der Waals surface area contributed by atoms with Crippen molar-refractivity contribution in [3.05, 3.63) is 70.8 Å². The largest absolute Gasteiger partial charge is 0.384 e. The van der Waals surface area contributed by atoms with Crippen molar-refractivity contribution in [1.82, 2.24) is 10.9 Å². The average Bonchev–Trinajstić information content (AvgIpc) is 2.60. The molecule has 7 heteroatoms. The Bertz CT molecular complexity index is 609. The second-order valence-electron chi connectivity index (χ2n) is 4.59. The molecule has 0 fully saturated rings. The SMILES string of the molecule is NNC(=O)c1ccc(C(O)c2ccc(C(=O)NN)cc2)cc1. The summed E-state index contributed by atoms with van der Waals surface area (Å²) in [6, 6.07) is 12.8. The summed E-state index contributed by atoms with van der Waals surface area (Å²) in [5.41, 5.74) is 6.09. The van der Waals surface area contributed by atoms with Gasteiger partial charge >= 0.3 is 0 Å². The molecule has 0 spiro atoms. The van der Waals surface area contributed by atoms with Crippen LogP contribution in [0.15, 0.2) is 48.5 Å². The monoisotopic (exact) mass is 300 g/mol.